The largest absolute Gasteiger partial charge is 0.461 e. The molecule has 118 valence electrons. The highest BCUT2D eigenvalue weighted by Crippen LogP contribution is 2.11. The lowest BCUT2D eigenvalue weighted by Gasteiger charge is -2.05. The average molecular weight is 309 g/mol. The molecule has 0 saturated carbocycles. The number of carbonyl (C=O) groups is 1. The SMILES string of the molecule is CCCCCCCSCCCC(=O)OCc1cccnc1. The number of ether oxygens (including phenoxy) is 1. The molecule has 21 heavy (non-hydrogen) atoms. The van der Waals surface area contributed by atoms with Crippen LogP contribution < -0.4 is 0 Å². The zero-order valence-corrected chi connectivity index (χ0v) is 13.9. The molecule has 1 rings (SSSR count). The van der Waals surface area contributed by atoms with Crippen molar-refractivity contribution in [2.45, 2.75) is 58.5 Å². The van der Waals surface area contributed by atoms with Gasteiger partial charge in [0.2, 0.25) is 0 Å². The van der Waals surface area contributed by atoms with Gasteiger partial charge in [0, 0.05) is 24.4 Å². The molecule has 0 spiro atoms. The summed E-state index contributed by atoms with van der Waals surface area (Å²) >= 11 is 1.95. The number of unbranched alkanes of at least 4 members (excludes halogenated alkanes) is 4. The smallest absolute Gasteiger partial charge is 0.306 e. The summed E-state index contributed by atoms with van der Waals surface area (Å²) in [5.74, 6) is 2.16. The van der Waals surface area contributed by atoms with Crippen LogP contribution >= 0.6 is 11.8 Å². The lowest BCUT2D eigenvalue weighted by Crippen LogP contribution is -2.05. The fourth-order valence-electron chi connectivity index (χ4n) is 1.95. The molecule has 0 unspecified atom stereocenters. The van der Waals surface area contributed by atoms with E-state index in [0.29, 0.717) is 13.0 Å². The number of hydrogen-bond donors (Lipinski definition) is 0. The average Bonchev–Trinajstić information content (AvgIpc) is 2.52. The molecule has 3 nitrogen and oxygen atoms in total. The van der Waals surface area contributed by atoms with Crippen LogP contribution in [0.2, 0.25) is 0 Å². The zero-order chi connectivity index (χ0) is 15.2. The molecule has 1 aromatic rings. The van der Waals surface area contributed by atoms with Crippen LogP contribution in [0.15, 0.2) is 24.5 Å². The molecule has 0 saturated heterocycles. The molecule has 0 aliphatic heterocycles. The van der Waals surface area contributed by atoms with Crippen LogP contribution in [0.5, 0.6) is 0 Å². The maximum atomic E-state index is 11.6. The predicted octanol–water partition coefficient (Wildman–Crippen LogP) is 4.61. The van der Waals surface area contributed by atoms with Crippen molar-refractivity contribution in [1.29, 1.82) is 0 Å². The Bertz CT molecular complexity index is 370. The van der Waals surface area contributed by atoms with Crippen molar-refractivity contribution in [1.82, 2.24) is 4.98 Å². The second-order valence-corrected chi connectivity index (χ2v) is 6.38. The molecule has 0 aromatic carbocycles. The maximum Gasteiger partial charge on any atom is 0.306 e. The first-order chi connectivity index (χ1) is 10.3. The minimum atomic E-state index is -0.109. The van der Waals surface area contributed by atoms with Gasteiger partial charge in [0.25, 0.3) is 0 Å². The molecular weight excluding hydrogens is 282 g/mol. The fourth-order valence-corrected chi connectivity index (χ4v) is 2.91. The van der Waals surface area contributed by atoms with E-state index in [0.717, 1.165) is 17.7 Å². The van der Waals surface area contributed by atoms with Crippen molar-refractivity contribution >= 4 is 17.7 Å². The zero-order valence-electron chi connectivity index (χ0n) is 13.1. The normalized spacial score (nSPS) is 10.5. The summed E-state index contributed by atoms with van der Waals surface area (Å²) in [5.41, 5.74) is 0.937. The Kier molecular flexibility index (Phi) is 10.9. The van der Waals surface area contributed by atoms with E-state index in [1.165, 1.54) is 37.9 Å². The van der Waals surface area contributed by atoms with Crippen molar-refractivity contribution < 1.29 is 9.53 Å². The van der Waals surface area contributed by atoms with E-state index in [2.05, 4.69) is 11.9 Å². The summed E-state index contributed by atoms with van der Waals surface area (Å²) in [6, 6.07) is 3.76. The van der Waals surface area contributed by atoms with Gasteiger partial charge in [0.1, 0.15) is 6.61 Å². The Morgan fingerprint density at radius 2 is 2.00 bits per heavy atom. The molecule has 0 aliphatic carbocycles. The van der Waals surface area contributed by atoms with Gasteiger partial charge in [-0.15, -0.1) is 0 Å². The second-order valence-electron chi connectivity index (χ2n) is 5.15. The lowest BCUT2D eigenvalue weighted by molar-refractivity contribution is -0.144. The minimum absolute atomic E-state index is 0.109. The first kappa shape index (κ1) is 18.0. The minimum Gasteiger partial charge on any atom is -0.461 e. The van der Waals surface area contributed by atoms with Crippen molar-refractivity contribution in [2.24, 2.45) is 0 Å². The van der Waals surface area contributed by atoms with Gasteiger partial charge >= 0.3 is 5.97 Å². The van der Waals surface area contributed by atoms with Crippen molar-refractivity contribution in [3.05, 3.63) is 30.1 Å². The summed E-state index contributed by atoms with van der Waals surface area (Å²) in [6.45, 7) is 2.57. The molecule has 0 bridgehead atoms. The number of rotatable bonds is 12. The van der Waals surface area contributed by atoms with Gasteiger partial charge in [-0.25, -0.2) is 0 Å². The molecule has 1 heterocycles. The van der Waals surface area contributed by atoms with Gasteiger partial charge in [-0.05, 0) is 30.4 Å². The summed E-state index contributed by atoms with van der Waals surface area (Å²) < 4.78 is 5.21. The highest BCUT2D eigenvalue weighted by Gasteiger charge is 2.03. The number of hydrogen-bond acceptors (Lipinski definition) is 4. The van der Waals surface area contributed by atoms with E-state index in [1.807, 2.05) is 23.9 Å². The molecule has 0 amide bonds. The van der Waals surface area contributed by atoms with Gasteiger partial charge in [-0.1, -0.05) is 38.7 Å². The Hall–Kier alpha value is -1.03. The summed E-state index contributed by atoms with van der Waals surface area (Å²) in [4.78, 5) is 15.6. The van der Waals surface area contributed by atoms with Crippen LogP contribution in [-0.4, -0.2) is 22.5 Å². The monoisotopic (exact) mass is 309 g/mol. The predicted molar refractivity (Wildman–Crippen MR) is 89.4 cm³/mol. The molecule has 0 fully saturated rings. The summed E-state index contributed by atoms with van der Waals surface area (Å²) in [7, 11) is 0. The Morgan fingerprint density at radius 3 is 2.76 bits per heavy atom. The van der Waals surface area contributed by atoms with Gasteiger partial charge < -0.3 is 4.74 Å². The van der Waals surface area contributed by atoms with Crippen LogP contribution in [0.3, 0.4) is 0 Å². The number of esters is 1. The number of thioether (sulfide) groups is 1. The van der Waals surface area contributed by atoms with Crippen molar-refractivity contribution in [3.8, 4) is 0 Å². The van der Waals surface area contributed by atoms with Crippen LogP contribution in [0.1, 0.15) is 57.4 Å². The molecular formula is C17H27NO2S. The third-order valence-corrected chi connectivity index (χ3v) is 4.34. The highest BCUT2D eigenvalue weighted by molar-refractivity contribution is 7.99. The van der Waals surface area contributed by atoms with E-state index in [4.69, 9.17) is 4.74 Å². The van der Waals surface area contributed by atoms with Crippen molar-refractivity contribution in [2.75, 3.05) is 11.5 Å². The third kappa shape index (κ3) is 10.4. The second kappa shape index (κ2) is 12.7. The van der Waals surface area contributed by atoms with E-state index in [9.17, 15) is 4.79 Å². The molecule has 4 heteroatoms. The summed E-state index contributed by atoms with van der Waals surface area (Å²) in [6.07, 6.45) is 11.5. The van der Waals surface area contributed by atoms with Gasteiger partial charge in [0.05, 0.1) is 0 Å². The number of pyridine rings is 1. The van der Waals surface area contributed by atoms with Gasteiger partial charge in [-0.3, -0.25) is 9.78 Å². The lowest BCUT2D eigenvalue weighted by atomic mass is 10.2. The fraction of sp³-hybridized carbons (Fsp3) is 0.647. The summed E-state index contributed by atoms with van der Waals surface area (Å²) in [5, 5.41) is 0. The topological polar surface area (TPSA) is 39.2 Å². The quantitative estimate of drug-likeness (QED) is 0.417. The van der Waals surface area contributed by atoms with Crippen LogP contribution in [-0.2, 0) is 16.1 Å². The third-order valence-electron chi connectivity index (χ3n) is 3.18. The maximum absolute atomic E-state index is 11.6. The van der Waals surface area contributed by atoms with Gasteiger partial charge in [0.15, 0.2) is 0 Å². The Balaban J connectivity index is 1.89. The standard InChI is InChI=1S/C17H27NO2S/c1-2-3-4-5-6-12-21-13-8-10-17(19)20-15-16-9-7-11-18-14-16/h7,9,11,14H,2-6,8,10,12-13,15H2,1H3. The Morgan fingerprint density at radius 1 is 1.19 bits per heavy atom. The highest BCUT2D eigenvalue weighted by atomic mass is 32.2. The molecule has 0 radical (unpaired) electrons. The molecule has 0 N–H and O–H groups in total. The van der Waals surface area contributed by atoms with E-state index in [1.54, 1.807) is 12.4 Å². The first-order valence-corrected chi connectivity index (χ1v) is 9.10. The van der Waals surface area contributed by atoms with Crippen molar-refractivity contribution in [3.63, 3.8) is 0 Å². The van der Waals surface area contributed by atoms with E-state index >= 15 is 0 Å². The molecule has 0 atom stereocenters. The number of aromatic nitrogens is 1. The number of carbonyl (C=O) groups excluding carboxylic acids is 1. The van der Waals surface area contributed by atoms with E-state index < -0.39 is 0 Å². The Labute approximate surface area is 132 Å². The first-order valence-electron chi connectivity index (χ1n) is 7.95. The van der Waals surface area contributed by atoms with E-state index in [-0.39, 0.29) is 5.97 Å². The van der Waals surface area contributed by atoms with Gasteiger partial charge in [-0.2, -0.15) is 11.8 Å². The van der Waals surface area contributed by atoms with Crippen LogP contribution in [0, 0.1) is 0 Å². The molecule has 1 aromatic heterocycles. The van der Waals surface area contributed by atoms with Crippen LogP contribution in [0.25, 0.3) is 0 Å². The number of nitrogens with zero attached hydrogens (tertiary/aromatic N) is 1. The van der Waals surface area contributed by atoms with Crippen LogP contribution in [0.4, 0.5) is 0 Å². The molecule has 0 aliphatic rings.